The van der Waals surface area contributed by atoms with Crippen molar-refractivity contribution in [2.75, 3.05) is 4.90 Å². The van der Waals surface area contributed by atoms with Crippen LogP contribution in [0, 0.1) is 6.92 Å². The van der Waals surface area contributed by atoms with Crippen LogP contribution in [0.15, 0.2) is 78.9 Å². The maximum atomic E-state index is 7.34. The summed E-state index contributed by atoms with van der Waals surface area (Å²) < 4.78 is 12.7. The predicted molar refractivity (Wildman–Crippen MR) is 230 cm³/mol. The molecule has 3 aliphatic rings. The van der Waals surface area contributed by atoms with Gasteiger partial charge in [-0.25, -0.2) is 0 Å². The first kappa shape index (κ1) is 33.1. The van der Waals surface area contributed by atoms with Crippen molar-refractivity contribution in [2.24, 2.45) is 0 Å². The topological polar surface area (TPSA) is 17.4 Å². The Hall–Kier alpha value is -4.48. The standard InChI is InChI=1S/C48H49BN2OS/c1-27-24-37-41-38(25-27)52-44-35(21-22-36-40(44)33-20-14-28-12-11-13-32(28)42(33)51(36)48(8,9)10)49(41)45-43(34-26-30(47(5,6)7)17-23-39(34)53-45)50(37)31-18-15-29(16-19-31)46(2,3)4/h14-26H,11-13H2,1-10H3. The minimum Gasteiger partial charge on any atom is -0.458 e. The van der Waals surface area contributed by atoms with Crippen LogP contribution in [0.3, 0.4) is 0 Å². The van der Waals surface area contributed by atoms with Crippen molar-refractivity contribution in [2.45, 2.75) is 105 Å². The fourth-order valence-corrected chi connectivity index (χ4v) is 10.9. The van der Waals surface area contributed by atoms with E-state index in [2.05, 4.69) is 158 Å². The summed E-state index contributed by atoms with van der Waals surface area (Å²) >= 11 is 1.96. The third-order valence-electron chi connectivity index (χ3n) is 12.2. The molecule has 0 fully saturated rings. The molecule has 53 heavy (non-hydrogen) atoms. The van der Waals surface area contributed by atoms with Gasteiger partial charge in [0.15, 0.2) is 0 Å². The SMILES string of the molecule is Cc1cc2c3c(c1)N(c1ccc(C(C)(C)C)cc1)c1c(sc4ccc(C(C)(C)C)cc14)B3c1ccc3c(c1O2)c1ccc2c(c1n3C(C)(C)C)CCC2. The van der Waals surface area contributed by atoms with Crippen LogP contribution in [-0.4, -0.2) is 11.3 Å². The summed E-state index contributed by atoms with van der Waals surface area (Å²) in [5, 5.41) is 3.92. The summed E-state index contributed by atoms with van der Waals surface area (Å²) in [4.78, 5) is 2.55. The van der Waals surface area contributed by atoms with E-state index < -0.39 is 0 Å². The van der Waals surface area contributed by atoms with Gasteiger partial charge < -0.3 is 14.2 Å². The zero-order chi connectivity index (χ0) is 36.9. The maximum absolute atomic E-state index is 7.34. The minimum absolute atomic E-state index is 0.0385. The van der Waals surface area contributed by atoms with E-state index in [0.717, 1.165) is 17.9 Å². The number of hydrogen-bond donors (Lipinski definition) is 0. The Morgan fingerprint density at radius 2 is 1.47 bits per heavy atom. The second kappa shape index (κ2) is 10.8. The monoisotopic (exact) mass is 712 g/mol. The normalized spacial score (nSPS) is 15.2. The summed E-state index contributed by atoms with van der Waals surface area (Å²) in [6.45, 7) is 23.2. The Kier molecular flexibility index (Phi) is 6.76. The summed E-state index contributed by atoms with van der Waals surface area (Å²) in [7, 11) is 0. The van der Waals surface area contributed by atoms with Gasteiger partial charge in [-0.15, -0.1) is 11.3 Å². The molecule has 2 aliphatic heterocycles. The second-order valence-corrected chi connectivity index (χ2v) is 20.1. The molecule has 1 aliphatic carbocycles. The molecule has 7 aromatic rings. The third kappa shape index (κ3) is 4.72. The second-order valence-electron chi connectivity index (χ2n) is 19.0. The van der Waals surface area contributed by atoms with E-state index >= 15 is 0 Å². The van der Waals surface area contributed by atoms with Gasteiger partial charge in [-0.1, -0.05) is 77.9 Å². The van der Waals surface area contributed by atoms with Crippen molar-refractivity contribution in [3.05, 3.63) is 107 Å². The number of ether oxygens (including phenoxy) is 1. The van der Waals surface area contributed by atoms with E-state index in [1.54, 1.807) is 0 Å². The number of thiophene rings is 1. The zero-order valence-corrected chi connectivity index (χ0v) is 33.7. The lowest BCUT2D eigenvalue weighted by Crippen LogP contribution is -2.58. The Labute approximate surface area is 318 Å². The van der Waals surface area contributed by atoms with Crippen LogP contribution in [-0.2, 0) is 29.2 Å². The molecule has 0 bridgehead atoms. The van der Waals surface area contributed by atoms with Crippen LogP contribution in [0.25, 0.3) is 31.9 Å². The maximum Gasteiger partial charge on any atom is 0.268 e. The number of nitrogens with zero attached hydrogens (tertiary/aromatic N) is 2. The van der Waals surface area contributed by atoms with E-state index in [4.69, 9.17) is 4.74 Å². The third-order valence-corrected chi connectivity index (χ3v) is 13.4. The number of benzene rings is 5. The first-order chi connectivity index (χ1) is 25.1. The summed E-state index contributed by atoms with van der Waals surface area (Å²) in [6, 6.07) is 30.8. The number of aryl methyl sites for hydroxylation is 3. The number of rotatable bonds is 1. The van der Waals surface area contributed by atoms with Crippen molar-refractivity contribution < 1.29 is 4.74 Å². The quantitative estimate of drug-likeness (QED) is 0.158. The van der Waals surface area contributed by atoms with E-state index in [1.165, 1.54) is 105 Å². The summed E-state index contributed by atoms with van der Waals surface area (Å²) in [5.41, 5.74) is 15.9. The Bertz CT molecular complexity index is 2690. The average Bonchev–Trinajstić information content (AvgIpc) is 3.81. The van der Waals surface area contributed by atoms with Crippen LogP contribution in [0.4, 0.5) is 17.1 Å². The number of aromatic nitrogens is 1. The molecule has 266 valence electrons. The van der Waals surface area contributed by atoms with Gasteiger partial charge in [0.25, 0.3) is 6.71 Å². The van der Waals surface area contributed by atoms with Gasteiger partial charge in [0, 0.05) is 42.5 Å². The van der Waals surface area contributed by atoms with Gasteiger partial charge >= 0.3 is 0 Å². The molecule has 0 N–H and O–H groups in total. The molecular weight excluding hydrogens is 663 g/mol. The predicted octanol–water partition coefficient (Wildman–Crippen LogP) is 11.6. The van der Waals surface area contributed by atoms with Gasteiger partial charge in [0.1, 0.15) is 11.5 Å². The van der Waals surface area contributed by atoms with Gasteiger partial charge in [-0.05, 0) is 139 Å². The Morgan fingerprint density at radius 1 is 0.736 bits per heavy atom. The van der Waals surface area contributed by atoms with Gasteiger partial charge in [0.05, 0.1) is 16.7 Å². The average molecular weight is 713 g/mol. The lowest BCUT2D eigenvalue weighted by Gasteiger charge is -2.39. The fourth-order valence-electron chi connectivity index (χ4n) is 9.63. The van der Waals surface area contributed by atoms with E-state index in [9.17, 15) is 0 Å². The molecule has 5 heteroatoms. The lowest BCUT2D eigenvalue weighted by atomic mass is 9.37. The highest BCUT2D eigenvalue weighted by atomic mass is 32.1. The highest BCUT2D eigenvalue weighted by Gasteiger charge is 2.45. The van der Waals surface area contributed by atoms with Crippen molar-refractivity contribution in [1.82, 2.24) is 4.57 Å². The van der Waals surface area contributed by atoms with Gasteiger partial charge in [0.2, 0.25) is 0 Å². The van der Waals surface area contributed by atoms with Crippen LogP contribution < -0.4 is 25.3 Å². The molecule has 2 aromatic heterocycles. The Morgan fingerprint density at radius 3 is 2.19 bits per heavy atom. The van der Waals surface area contributed by atoms with Crippen LogP contribution in [0.1, 0.15) is 96.6 Å². The number of hydrogen-bond acceptors (Lipinski definition) is 3. The molecule has 0 unspecified atom stereocenters. The van der Waals surface area contributed by atoms with Crippen molar-refractivity contribution in [3.8, 4) is 11.5 Å². The number of fused-ring (bicyclic) bond motifs is 12. The molecule has 0 radical (unpaired) electrons. The zero-order valence-electron chi connectivity index (χ0n) is 32.9. The highest BCUT2D eigenvalue weighted by Crippen LogP contribution is 2.50. The molecule has 3 nitrogen and oxygen atoms in total. The lowest BCUT2D eigenvalue weighted by molar-refractivity contribution is 0.422. The summed E-state index contributed by atoms with van der Waals surface area (Å²) in [6.07, 6.45) is 3.54. The molecule has 4 heterocycles. The van der Waals surface area contributed by atoms with Crippen LogP contribution >= 0.6 is 11.3 Å². The summed E-state index contributed by atoms with van der Waals surface area (Å²) in [5.74, 6) is 2.02. The molecule has 0 saturated carbocycles. The van der Waals surface area contributed by atoms with Crippen molar-refractivity contribution in [3.63, 3.8) is 0 Å². The molecule has 0 spiro atoms. The smallest absolute Gasteiger partial charge is 0.268 e. The number of anilines is 3. The molecule has 0 atom stereocenters. The van der Waals surface area contributed by atoms with Crippen LogP contribution in [0.5, 0.6) is 11.5 Å². The van der Waals surface area contributed by atoms with Crippen LogP contribution in [0.2, 0.25) is 0 Å². The fraction of sp³-hybridized carbons (Fsp3) is 0.333. The van der Waals surface area contributed by atoms with E-state index in [0.29, 0.717) is 0 Å². The van der Waals surface area contributed by atoms with Crippen molar-refractivity contribution >= 4 is 82.7 Å². The largest absolute Gasteiger partial charge is 0.458 e. The molecule has 10 rings (SSSR count). The van der Waals surface area contributed by atoms with E-state index in [1.807, 2.05) is 11.3 Å². The minimum atomic E-state index is -0.0838. The molecular formula is C48H49BN2OS. The molecule has 0 amide bonds. The van der Waals surface area contributed by atoms with Gasteiger partial charge in [-0.3, -0.25) is 0 Å². The first-order valence-electron chi connectivity index (χ1n) is 19.5. The van der Waals surface area contributed by atoms with Gasteiger partial charge in [-0.2, -0.15) is 0 Å². The molecule has 0 saturated heterocycles. The molecule has 5 aromatic carbocycles. The highest BCUT2D eigenvalue weighted by molar-refractivity contribution is 7.33. The van der Waals surface area contributed by atoms with Crippen molar-refractivity contribution in [1.29, 1.82) is 0 Å². The Balaban J connectivity index is 1.30. The first-order valence-corrected chi connectivity index (χ1v) is 20.3. The van der Waals surface area contributed by atoms with E-state index in [-0.39, 0.29) is 23.1 Å².